The van der Waals surface area contributed by atoms with Gasteiger partial charge in [0.05, 0.1) is 17.9 Å². The van der Waals surface area contributed by atoms with Crippen LogP contribution in [0.3, 0.4) is 0 Å². The van der Waals surface area contributed by atoms with E-state index < -0.39 is 0 Å². The summed E-state index contributed by atoms with van der Waals surface area (Å²) in [6, 6.07) is 4.68. The molecule has 1 unspecified atom stereocenters. The van der Waals surface area contributed by atoms with Crippen LogP contribution in [-0.2, 0) is 6.54 Å². The quantitative estimate of drug-likeness (QED) is 0.877. The number of nitrogens with zero attached hydrogens (tertiary/aromatic N) is 3. The highest BCUT2D eigenvalue weighted by Gasteiger charge is 2.20. The van der Waals surface area contributed by atoms with E-state index in [1.54, 1.807) is 12.3 Å². The molecule has 108 valence electrons. The number of halogens is 2. The van der Waals surface area contributed by atoms with Crippen molar-refractivity contribution in [2.45, 2.75) is 32.9 Å². The van der Waals surface area contributed by atoms with E-state index in [0.717, 1.165) is 35.2 Å². The molecule has 0 aliphatic carbocycles. The molecule has 0 bridgehead atoms. The van der Waals surface area contributed by atoms with Crippen LogP contribution in [0.25, 0.3) is 0 Å². The van der Waals surface area contributed by atoms with Crippen LogP contribution in [0.2, 0.25) is 0 Å². The van der Waals surface area contributed by atoms with Crippen molar-refractivity contribution in [3.8, 4) is 0 Å². The maximum absolute atomic E-state index is 13.3. The molecule has 0 spiro atoms. The Morgan fingerprint density at radius 1 is 1.40 bits per heavy atom. The lowest BCUT2D eigenvalue weighted by atomic mass is 10.0. The van der Waals surface area contributed by atoms with Gasteiger partial charge in [0.15, 0.2) is 0 Å². The van der Waals surface area contributed by atoms with E-state index >= 15 is 0 Å². The molecule has 6 heteroatoms. The highest BCUT2D eigenvalue weighted by Crippen LogP contribution is 2.29. The molecule has 0 fully saturated rings. The maximum atomic E-state index is 13.3. The van der Waals surface area contributed by atoms with Crippen LogP contribution in [0.15, 0.2) is 28.9 Å². The first-order chi connectivity index (χ1) is 9.67. The molecule has 2 rings (SSSR count). The summed E-state index contributed by atoms with van der Waals surface area (Å²) in [5, 5.41) is 11.5. The fraction of sp³-hybridized carbons (Fsp3) is 0.429. The molecule has 1 atom stereocenters. The normalized spacial score (nSPS) is 12.6. The third-order valence-electron chi connectivity index (χ3n) is 3.06. The second-order valence-corrected chi connectivity index (χ2v) is 5.39. The molecule has 20 heavy (non-hydrogen) atoms. The second kappa shape index (κ2) is 6.95. The molecule has 0 saturated heterocycles. The number of hydrogen-bond acceptors (Lipinski definition) is 3. The molecule has 0 radical (unpaired) electrons. The lowest BCUT2D eigenvalue weighted by molar-refractivity contribution is 0.510. The van der Waals surface area contributed by atoms with Gasteiger partial charge in [0.25, 0.3) is 0 Å². The lowest BCUT2D eigenvalue weighted by Crippen LogP contribution is -2.25. The Labute approximate surface area is 126 Å². The van der Waals surface area contributed by atoms with Crippen molar-refractivity contribution in [1.82, 2.24) is 20.3 Å². The Bertz CT molecular complexity index is 570. The maximum Gasteiger partial charge on any atom is 0.124 e. The average molecular weight is 341 g/mol. The second-order valence-electron chi connectivity index (χ2n) is 4.54. The minimum absolute atomic E-state index is 0.0588. The Balaban J connectivity index is 2.42. The summed E-state index contributed by atoms with van der Waals surface area (Å²) in [7, 11) is 0. The number of benzene rings is 1. The van der Waals surface area contributed by atoms with Crippen molar-refractivity contribution in [2.24, 2.45) is 0 Å². The molecule has 0 aliphatic heterocycles. The van der Waals surface area contributed by atoms with E-state index in [1.807, 2.05) is 11.6 Å². The zero-order valence-corrected chi connectivity index (χ0v) is 13.2. The largest absolute Gasteiger partial charge is 0.305 e. The first-order valence-corrected chi connectivity index (χ1v) is 7.53. The van der Waals surface area contributed by atoms with E-state index in [4.69, 9.17) is 0 Å². The monoisotopic (exact) mass is 340 g/mol. The van der Waals surface area contributed by atoms with Gasteiger partial charge in [0.1, 0.15) is 5.82 Å². The van der Waals surface area contributed by atoms with Gasteiger partial charge in [0.2, 0.25) is 0 Å². The number of aryl methyl sites for hydroxylation is 1. The number of nitrogens with one attached hydrogen (secondary N) is 1. The lowest BCUT2D eigenvalue weighted by Gasteiger charge is -2.20. The van der Waals surface area contributed by atoms with Gasteiger partial charge >= 0.3 is 0 Å². The summed E-state index contributed by atoms with van der Waals surface area (Å²) in [5.41, 5.74) is 1.97. The van der Waals surface area contributed by atoms with Crippen molar-refractivity contribution in [3.63, 3.8) is 0 Å². The van der Waals surface area contributed by atoms with Crippen molar-refractivity contribution in [3.05, 3.63) is 45.9 Å². The van der Waals surface area contributed by atoms with Gasteiger partial charge in [-0.2, -0.15) is 0 Å². The third kappa shape index (κ3) is 3.24. The topological polar surface area (TPSA) is 42.7 Å². The van der Waals surface area contributed by atoms with Crippen molar-refractivity contribution in [2.75, 3.05) is 6.54 Å². The van der Waals surface area contributed by atoms with Gasteiger partial charge in [-0.15, -0.1) is 5.10 Å². The molecule has 0 saturated carbocycles. The Morgan fingerprint density at radius 3 is 2.85 bits per heavy atom. The molecular formula is C14H18BrFN4. The van der Waals surface area contributed by atoms with Gasteiger partial charge in [-0.1, -0.05) is 41.1 Å². The average Bonchev–Trinajstić information content (AvgIpc) is 2.85. The fourth-order valence-corrected chi connectivity index (χ4v) is 2.77. The molecule has 4 nitrogen and oxygen atoms in total. The minimum atomic E-state index is -0.254. The van der Waals surface area contributed by atoms with Crippen LogP contribution in [-0.4, -0.2) is 21.5 Å². The van der Waals surface area contributed by atoms with Crippen LogP contribution >= 0.6 is 15.9 Å². The van der Waals surface area contributed by atoms with Gasteiger partial charge in [-0.3, -0.25) is 0 Å². The van der Waals surface area contributed by atoms with Crippen LogP contribution < -0.4 is 5.32 Å². The van der Waals surface area contributed by atoms with Crippen LogP contribution in [0, 0.1) is 5.82 Å². The van der Waals surface area contributed by atoms with Crippen LogP contribution in [0.5, 0.6) is 0 Å². The fourth-order valence-electron chi connectivity index (χ4n) is 2.19. The minimum Gasteiger partial charge on any atom is -0.305 e. The Kier molecular flexibility index (Phi) is 5.25. The first kappa shape index (κ1) is 15.1. The predicted molar refractivity (Wildman–Crippen MR) is 79.9 cm³/mol. The van der Waals surface area contributed by atoms with E-state index in [-0.39, 0.29) is 11.9 Å². The van der Waals surface area contributed by atoms with E-state index in [1.165, 1.54) is 12.1 Å². The third-order valence-corrected chi connectivity index (χ3v) is 3.75. The molecule has 1 aromatic heterocycles. The number of aromatic nitrogens is 3. The predicted octanol–water partition coefficient (Wildman–Crippen LogP) is 3.29. The molecule has 1 heterocycles. The van der Waals surface area contributed by atoms with Crippen LogP contribution in [0.4, 0.5) is 4.39 Å². The highest BCUT2D eigenvalue weighted by molar-refractivity contribution is 9.10. The summed E-state index contributed by atoms with van der Waals surface area (Å²) in [6.07, 6.45) is 2.75. The smallest absolute Gasteiger partial charge is 0.124 e. The van der Waals surface area contributed by atoms with Crippen molar-refractivity contribution in [1.29, 1.82) is 0 Å². The molecule has 1 N–H and O–H groups in total. The molecule has 0 amide bonds. The van der Waals surface area contributed by atoms with E-state index in [9.17, 15) is 4.39 Å². The van der Waals surface area contributed by atoms with Gasteiger partial charge in [0, 0.05) is 11.0 Å². The summed E-state index contributed by atoms with van der Waals surface area (Å²) < 4.78 is 15.9. The molecular weight excluding hydrogens is 323 g/mol. The highest BCUT2D eigenvalue weighted by atomic mass is 79.9. The summed E-state index contributed by atoms with van der Waals surface area (Å²) >= 11 is 3.44. The zero-order chi connectivity index (χ0) is 14.5. The molecule has 1 aromatic carbocycles. The molecule has 2 aromatic rings. The van der Waals surface area contributed by atoms with Gasteiger partial charge in [-0.05, 0) is 30.7 Å². The van der Waals surface area contributed by atoms with Gasteiger partial charge in [-0.25, -0.2) is 9.07 Å². The number of rotatable bonds is 6. The summed E-state index contributed by atoms with van der Waals surface area (Å²) in [6.45, 7) is 5.75. The van der Waals surface area contributed by atoms with Crippen molar-refractivity contribution < 1.29 is 4.39 Å². The zero-order valence-electron chi connectivity index (χ0n) is 11.6. The SMILES string of the molecule is CCCn1nncc1C(NCC)c1ccc(F)cc1Br. The van der Waals surface area contributed by atoms with E-state index in [0.29, 0.717) is 0 Å². The summed E-state index contributed by atoms with van der Waals surface area (Å²) in [5.74, 6) is -0.254. The first-order valence-electron chi connectivity index (χ1n) is 6.74. The summed E-state index contributed by atoms with van der Waals surface area (Å²) in [4.78, 5) is 0. The van der Waals surface area contributed by atoms with E-state index in [2.05, 4.69) is 38.5 Å². The van der Waals surface area contributed by atoms with Gasteiger partial charge < -0.3 is 5.32 Å². The molecule has 0 aliphatic rings. The standard InChI is InChI=1S/C14H18BrFN4/c1-3-7-20-13(9-18-19-20)14(17-4-2)11-6-5-10(16)8-12(11)15/h5-6,8-9,14,17H,3-4,7H2,1-2H3. The Hall–Kier alpha value is -1.27. The van der Waals surface area contributed by atoms with Crippen molar-refractivity contribution >= 4 is 15.9 Å². The Morgan fingerprint density at radius 2 is 2.20 bits per heavy atom. The van der Waals surface area contributed by atoms with Crippen LogP contribution in [0.1, 0.15) is 37.6 Å². The number of hydrogen-bond donors (Lipinski definition) is 1.